The Morgan fingerprint density at radius 1 is 1.12 bits per heavy atom. The first-order chi connectivity index (χ1) is 16.5. The zero-order valence-corrected chi connectivity index (χ0v) is 18.4. The fourth-order valence-corrected chi connectivity index (χ4v) is 4.22. The van der Waals surface area contributed by atoms with E-state index in [2.05, 4.69) is 20.3 Å². The summed E-state index contributed by atoms with van der Waals surface area (Å²) in [5.74, 6) is -0.472. The molecule has 0 radical (unpaired) electrons. The molecule has 0 aliphatic carbocycles. The van der Waals surface area contributed by atoms with Crippen LogP contribution >= 0.6 is 0 Å². The maximum atomic E-state index is 13.3. The van der Waals surface area contributed by atoms with Crippen LogP contribution < -0.4 is 5.32 Å². The number of anilines is 1. The van der Waals surface area contributed by atoms with Crippen LogP contribution in [0.3, 0.4) is 0 Å². The normalized spacial score (nSPS) is 13.0. The zero-order valence-electron chi connectivity index (χ0n) is 18.4. The van der Waals surface area contributed by atoms with E-state index in [9.17, 15) is 14.4 Å². The second kappa shape index (κ2) is 8.78. The SMILES string of the molecule is CC(=O)Nc1cc(-c2[nH]c3c(c2Cc2ccccc2)C(=O)CN(C(=O)c2ncco2)C3)ccn1. The molecule has 1 aliphatic rings. The molecule has 4 aromatic rings. The van der Waals surface area contributed by atoms with Gasteiger partial charge in [0.05, 0.1) is 25.0 Å². The minimum Gasteiger partial charge on any atom is -0.441 e. The average molecular weight is 455 g/mol. The Bertz CT molecular complexity index is 1380. The predicted molar refractivity (Wildman–Crippen MR) is 123 cm³/mol. The molecule has 2 amide bonds. The van der Waals surface area contributed by atoms with Crippen LogP contribution in [0.5, 0.6) is 0 Å². The van der Waals surface area contributed by atoms with Gasteiger partial charge in [-0.25, -0.2) is 9.97 Å². The van der Waals surface area contributed by atoms with Crippen LogP contribution in [0.1, 0.15) is 44.8 Å². The highest BCUT2D eigenvalue weighted by Gasteiger charge is 2.34. The number of aromatic amines is 1. The van der Waals surface area contributed by atoms with Crippen LogP contribution in [0, 0.1) is 0 Å². The highest BCUT2D eigenvalue weighted by molar-refractivity contribution is 6.05. The van der Waals surface area contributed by atoms with E-state index in [1.807, 2.05) is 36.4 Å². The Labute approximate surface area is 194 Å². The van der Waals surface area contributed by atoms with Crippen LogP contribution in [0.25, 0.3) is 11.3 Å². The lowest BCUT2D eigenvalue weighted by Gasteiger charge is -2.25. The van der Waals surface area contributed by atoms with Gasteiger partial charge < -0.3 is 19.6 Å². The summed E-state index contributed by atoms with van der Waals surface area (Å²) in [5.41, 5.74) is 4.66. The quantitative estimate of drug-likeness (QED) is 0.475. The van der Waals surface area contributed by atoms with E-state index in [4.69, 9.17) is 4.42 Å². The standard InChI is InChI=1S/C25H21N5O4/c1-15(31)28-21-12-17(7-8-26-21)23-18(11-16-5-3-2-4-6-16)22-19(29-23)13-30(14-20(22)32)25(33)24-27-9-10-34-24/h2-10,12,29H,11,13-14H2,1H3,(H,26,28,31). The van der Waals surface area contributed by atoms with Crippen molar-refractivity contribution in [2.45, 2.75) is 19.9 Å². The van der Waals surface area contributed by atoms with Crippen molar-refractivity contribution in [3.63, 3.8) is 0 Å². The number of hydrogen-bond donors (Lipinski definition) is 2. The van der Waals surface area contributed by atoms with Gasteiger partial charge in [-0.3, -0.25) is 14.4 Å². The number of H-pyrrole nitrogens is 1. The fraction of sp³-hybridized carbons (Fsp3) is 0.160. The third-order valence-corrected chi connectivity index (χ3v) is 5.62. The number of nitrogens with zero attached hydrogens (tertiary/aromatic N) is 3. The van der Waals surface area contributed by atoms with Crippen molar-refractivity contribution in [2.75, 3.05) is 11.9 Å². The Morgan fingerprint density at radius 2 is 1.94 bits per heavy atom. The lowest BCUT2D eigenvalue weighted by atomic mass is 9.93. The van der Waals surface area contributed by atoms with E-state index in [1.165, 1.54) is 24.3 Å². The number of carbonyl (C=O) groups excluding carboxylic acids is 3. The molecule has 0 atom stereocenters. The van der Waals surface area contributed by atoms with Gasteiger partial charge in [0.25, 0.3) is 5.89 Å². The number of rotatable bonds is 5. The summed E-state index contributed by atoms with van der Waals surface area (Å²) in [4.78, 5) is 50.5. The molecule has 0 spiro atoms. The van der Waals surface area contributed by atoms with Gasteiger partial charge in [-0.1, -0.05) is 30.3 Å². The van der Waals surface area contributed by atoms with Gasteiger partial charge >= 0.3 is 5.91 Å². The molecule has 4 heterocycles. The lowest BCUT2D eigenvalue weighted by molar-refractivity contribution is -0.114. The number of pyridine rings is 1. The molecule has 9 heteroatoms. The van der Waals surface area contributed by atoms with Gasteiger partial charge in [-0.2, -0.15) is 0 Å². The minimum absolute atomic E-state index is 0.0541. The predicted octanol–water partition coefficient (Wildman–Crippen LogP) is 3.45. The number of aromatic nitrogens is 3. The number of fused-ring (bicyclic) bond motifs is 1. The van der Waals surface area contributed by atoms with Gasteiger partial charge in [-0.15, -0.1) is 0 Å². The first-order valence-electron chi connectivity index (χ1n) is 10.7. The third kappa shape index (κ3) is 4.11. The summed E-state index contributed by atoms with van der Waals surface area (Å²) < 4.78 is 5.13. The summed E-state index contributed by atoms with van der Waals surface area (Å²) >= 11 is 0. The van der Waals surface area contributed by atoms with Crippen molar-refractivity contribution in [3.05, 3.63) is 89.4 Å². The maximum absolute atomic E-state index is 13.3. The van der Waals surface area contributed by atoms with Crippen molar-refractivity contribution in [3.8, 4) is 11.3 Å². The van der Waals surface area contributed by atoms with Gasteiger partial charge in [0.1, 0.15) is 12.1 Å². The number of nitrogens with one attached hydrogen (secondary N) is 2. The summed E-state index contributed by atoms with van der Waals surface area (Å²) in [6.45, 7) is 1.56. The Balaban J connectivity index is 1.58. The smallest absolute Gasteiger partial charge is 0.310 e. The van der Waals surface area contributed by atoms with Crippen LogP contribution in [-0.4, -0.2) is 44.0 Å². The van der Waals surface area contributed by atoms with Crippen molar-refractivity contribution in [1.29, 1.82) is 0 Å². The minimum atomic E-state index is -0.443. The van der Waals surface area contributed by atoms with Crippen molar-refractivity contribution >= 4 is 23.4 Å². The van der Waals surface area contributed by atoms with Crippen LogP contribution in [0.2, 0.25) is 0 Å². The summed E-state index contributed by atoms with van der Waals surface area (Å²) in [7, 11) is 0. The maximum Gasteiger partial charge on any atom is 0.310 e. The molecule has 0 bridgehead atoms. The number of Topliss-reactive ketones (excluding diaryl/α,β-unsaturated/α-hetero) is 1. The summed E-state index contributed by atoms with van der Waals surface area (Å²) in [5, 5.41) is 2.69. The first-order valence-corrected chi connectivity index (χ1v) is 10.7. The topological polar surface area (TPSA) is 121 Å². The number of ketones is 1. The monoisotopic (exact) mass is 455 g/mol. The number of benzene rings is 1. The van der Waals surface area contributed by atoms with E-state index in [1.54, 1.807) is 12.3 Å². The number of amides is 2. The molecule has 2 N–H and O–H groups in total. The molecule has 0 saturated carbocycles. The van der Waals surface area contributed by atoms with Crippen molar-refractivity contribution in [2.24, 2.45) is 0 Å². The van der Waals surface area contributed by atoms with Gasteiger partial charge in [0.2, 0.25) is 5.91 Å². The molecule has 0 unspecified atom stereocenters. The Hall–Kier alpha value is -4.53. The molecule has 3 aromatic heterocycles. The van der Waals surface area contributed by atoms with Crippen molar-refractivity contribution in [1.82, 2.24) is 19.9 Å². The molecular weight excluding hydrogens is 434 g/mol. The number of carbonyl (C=O) groups is 3. The molecule has 0 saturated heterocycles. The second-order valence-corrected chi connectivity index (χ2v) is 8.03. The van der Waals surface area contributed by atoms with E-state index in [0.717, 1.165) is 22.4 Å². The van der Waals surface area contributed by atoms with E-state index >= 15 is 0 Å². The number of oxazole rings is 1. The molecule has 0 fully saturated rings. The molecule has 34 heavy (non-hydrogen) atoms. The molecular formula is C25H21N5O4. The second-order valence-electron chi connectivity index (χ2n) is 8.03. The van der Waals surface area contributed by atoms with Gasteiger partial charge in [0.15, 0.2) is 5.78 Å². The van der Waals surface area contributed by atoms with Crippen LogP contribution in [0.4, 0.5) is 5.82 Å². The Morgan fingerprint density at radius 3 is 2.68 bits per heavy atom. The van der Waals surface area contributed by atoms with E-state index < -0.39 is 5.91 Å². The average Bonchev–Trinajstić information content (AvgIpc) is 3.48. The summed E-state index contributed by atoms with van der Waals surface area (Å²) in [6.07, 6.45) is 4.85. The third-order valence-electron chi connectivity index (χ3n) is 5.62. The van der Waals surface area contributed by atoms with E-state index in [0.29, 0.717) is 23.5 Å². The molecule has 1 aromatic carbocycles. The van der Waals surface area contributed by atoms with Gasteiger partial charge in [0, 0.05) is 36.4 Å². The van der Waals surface area contributed by atoms with Gasteiger partial charge in [-0.05, 0) is 23.3 Å². The molecule has 170 valence electrons. The van der Waals surface area contributed by atoms with Crippen LogP contribution in [-0.2, 0) is 17.8 Å². The van der Waals surface area contributed by atoms with E-state index in [-0.39, 0.29) is 30.7 Å². The molecule has 9 nitrogen and oxygen atoms in total. The van der Waals surface area contributed by atoms with Crippen molar-refractivity contribution < 1.29 is 18.8 Å². The molecule has 5 rings (SSSR count). The lowest BCUT2D eigenvalue weighted by Crippen LogP contribution is -2.39. The highest BCUT2D eigenvalue weighted by Crippen LogP contribution is 2.34. The largest absolute Gasteiger partial charge is 0.441 e. The zero-order chi connectivity index (χ0) is 23.7. The van der Waals surface area contributed by atoms with Crippen LogP contribution in [0.15, 0.2) is 65.5 Å². The highest BCUT2D eigenvalue weighted by atomic mass is 16.4. The number of hydrogen-bond acceptors (Lipinski definition) is 6. The summed E-state index contributed by atoms with van der Waals surface area (Å²) in [6, 6.07) is 13.4. The molecule has 1 aliphatic heterocycles. The first kappa shape index (κ1) is 21.3. The fourth-order valence-electron chi connectivity index (χ4n) is 4.22. The Kier molecular flexibility index (Phi) is 5.51.